The summed E-state index contributed by atoms with van der Waals surface area (Å²) in [4.78, 5) is 31.8. The SMILES string of the molecule is COc1cc(NC(=O)N(C)Cc2ccccn2)ccc1N1CCCC1=O. The Balaban J connectivity index is 1.69. The number of anilines is 2. The second kappa shape index (κ2) is 7.86. The smallest absolute Gasteiger partial charge is 0.321 e. The minimum atomic E-state index is -0.247. The monoisotopic (exact) mass is 354 g/mol. The average Bonchev–Trinajstić information content (AvgIpc) is 3.08. The Morgan fingerprint density at radius 2 is 2.19 bits per heavy atom. The lowest BCUT2D eigenvalue weighted by molar-refractivity contribution is -0.117. The molecule has 1 aromatic heterocycles. The van der Waals surface area contributed by atoms with E-state index in [0.29, 0.717) is 30.9 Å². The topological polar surface area (TPSA) is 74.8 Å². The molecule has 0 spiro atoms. The first kappa shape index (κ1) is 17.7. The van der Waals surface area contributed by atoms with Crippen LogP contribution >= 0.6 is 0 Å². The van der Waals surface area contributed by atoms with Gasteiger partial charge in [-0.2, -0.15) is 0 Å². The largest absolute Gasteiger partial charge is 0.494 e. The first-order valence-electron chi connectivity index (χ1n) is 8.49. The zero-order chi connectivity index (χ0) is 18.5. The maximum Gasteiger partial charge on any atom is 0.321 e. The van der Waals surface area contributed by atoms with E-state index >= 15 is 0 Å². The molecule has 1 aromatic carbocycles. The zero-order valence-corrected chi connectivity index (χ0v) is 14.9. The number of nitrogens with zero attached hydrogens (tertiary/aromatic N) is 3. The Kier molecular flexibility index (Phi) is 5.36. The Morgan fingerprint density at radius 3 is 2.85 bits per heavy atom. The molecule has 7 nitrogen and oxygen atoms in total. The summed E-state index contributed by atoms with van der Waals surface area (Å²) >= 11 is 0. The lowest BCUT2D eigenvalue weighted by atomic mass is 10.2. The van der Waals surface area contributed by atoms with Crippen LogP contribution in [0.25, 0.3) is 0 Å². The number of rotatable bonds is 5. The summed E-state index contributed by atoms with van der Waals surface area (Å²) in [7, 11) is 3.26. The third-order valence-corrected chi connectivity index (χ3v) is 4.27. The molecular formula is C19H22N4O3. The highest BCUT2D eigenvalue weighted by molar-refractivity contribution is 5.97. The number of methoxy groups -OCH3 is 1. The molecule has 0 unspecified atom stereocenters. The number of pyridine rings is 1. The van der Waals surface area contributed by atoms with Crippen molar-refractivity contribution in [2.24, 2.45) is 0 Å². The number of amides is 3. The molecule has 0 aliphatic carbocycles. The predicted octanol–water partition coefficient (Wildman–Crippen LogP) is 2.88. The van der Waals surface area contributed by atoms with Gasteiger partial charge in [0.25, 0.3) is 0 Å². The van der Waals surface area contributed by atoms with Crippen molar-refractivity contribution in [3.8, 4) is 5.75 Å². The molecule has 136 valence electrons. The second-order valence-electron chi connectivity index (χ2n) is 6.14. The highest BCUT2D eigenvalue weighted by Gasteiger charge is 2.24. The van der Waals surface area contributed by atoms with Crippen molar-refractivity contribution in [3.05, 3.63) is 48.3 Å². The van der Waals surface area contributed by atoms with Crippen molar-refractivity contribution < 1.29 is 14.3 Å². The minimum absolute atomic E-state index is 0.0928. The molecule has 3 rings (SSSR count). The fraction of sp³-hybridized carbons (Fsp3) is 0.316. The number of benzene rings is 1. The third kappa shape index (κ3) is 3.93. The van der Waals surface area contributed by atoms with E-state index in [1.165, 1.54) is 0 Å². The van der Waals surface area contributed by atoms with Crippen molar-refractivity contribution in [1.29, 1.82) is 0 Å². The molecule has 1 aliphatic heterocycles. The number of nitrogens with one attached hydrogen (secondary N) is 1. The Morgan fingerprint density at radius 1 is 1.35 bits per heavy atom. The van der Waals surface area contributed by atoms with Gasteiger partial charge in [-0.25, -0.2) is 4.79 Å². The highest BCUT2D eigenvalue weighted by atomic mass is 16.5. The molecule has 7 heteroatoms. The summed E-state index contributed by atoms with van der Waals surface area (Å²) in [5.74, 6) is 0.653. The van der Waals surface area contributed by atoms with Crippen molar-refractivity contribution in [2.75, 3.05) is 30.9 Å². The second-order valence-corrected chi connectivity index (χ2v) is 6.14. The van der Waals surface area contributed by atoms with Gasteiger partial charge in [0.2, 0.25) is 5.91 Å². The first-order chi connectivity index (χ1) is 12.6. The van der Waals surface area contributed by atoms with E-state index in [1.54, 1.807) is 48.4 Å². The molecule has 0 atom stereocenters. The summed E-state index contributed by atoms with van der Waals surface area (Å²) in [6.07, 6.45) is 3.10. The van der Waals surface area contributed by atoms with E-state index in [2.05, 4.69) is 10.3 Å². The van der Waals surface area contributed by atoms with E-state index in [-0.39, 0.29) is 11.9 Å². The summed E-state index contributed by atoms with van der Waals surface area (Å²) in [6.45, 7) is 1.10. The van der Waals surface area contributed by atoms with E-state index in [4.69, 9.17) is 4.74 Å². The molecule has 1 aliphatic rings. The van der Waals surface area contributed by atoms with E-state index in [9.17, 15) is 9.59 Å². The molecule has 3 amide bonds. The summed E-state index contributed by atoms with van der Waals surface area (Å²) in [5.41, 5.74) is 2.15. The van der Waals surface area contributed by atoms with Gasteiger partial charge in [0.15, 0.2) is 0 Å². The Labute approximate surface area is 152 Å². The molecule has 1 N–H and O–H groups in total. The molecular weight excluding hydrogens is 332 g/mol. The fourth-order valence-corrected chi connectivity index (χ4v) is 2.91. The van der Waals surface area contributed by atoms with Crippen LogP contribution in [-0.4, -0.2) is 42.5 Å². The van der Waals surface area contributed by atoms with Crippen LogP contribution < -0.4 is 15.0 Å². The molecule has 1 fully saturated rings. The van der Waals surface area contributed by atoms with E-state index in [1.807, 2.05) is 18.2 Å². The number of carbonyl (C=O) groups is 2. The number of aromatic nitrogens is 1. The molecule has 2 heterocycles. The standard InChI is InChI=1S/C19H22N4O3/c1-22(13-15-6-3-4-10-20-15)19(25)21-14-8-9-16(17(12-14)26-2)23-11-5-7-18(23)24/h3-4,6,8-10,12H,5,7,11,13H2,1-2H3,(H,21,25). The fourth-order valence-electron chi connectivity index (χ4n) is 2.91. The van der Waals surface area contributed by atoms with Crippen LogP contribution in [0.1, 0.15) is 18.5 Å². The predicted molar refractivity (Wildman–Crippen MR) is 99.3 cm³/mol. The highest BCUT2D eigenvalue weighted by Crippen LogP contribution is 2.33. The van der Waals surface area contributed by atoms with Gasteiger partial charge in [-0.05, 0) is 30.7 Å². The van der Waals surface area contributed by atoms with Gasteiger partial charge in [0, 0.05) is 38.0 Å². The van der Waals surface area contributed by atoms with Crippen molar-refractivity contribution >= 4 is 23.3 Å². The minimum Gasteiger partial charge on any atom is -0.494 e. The van der Waals surface area contributed by atoms with Gasteiger partial charge in [-0.15, -0.1) is 0 Å². The maximum atomic E-state index is 12.4. The summed E-state index contributed by atoms with van der Waals surface area (Å²) in [5, 5.41) is 2.84. The van der Waals surface area contributed by atoms with Gasteiger partial charge in [0.05, 0.1) is 25.0 Å². The van der Waals surface area contributed by atoms with Crippen molar-refractivity contribution in [3.63, 3.8) is 0 Å². The first-order valence-corrected chi connectivity index (χ1v) is 8.49. The van der Waals surface area contributed by atoms with E-state index < -0.39 is 0 Å². The third-order valence-electron chi connectivity index (χ3n) is 4.27. The van der Waals surface area contributed by atoms with Gasteiger partial charge in [0.1, 0.15) is 5.75 Å². The van der Waals surface area contributed by atoms with Crippen LogP contribution in [0.3, 0.4) is 0 Å². The average molecular weight is 354 g/mol. The molecule has 1 saturated heterocycles. The number of carbonyl (C=O) groups excluding carboxylic acids is 2. The number of urea groups is 1. The summed E-state index contributed by atoms with van der Waals surface area (Å²) in [6, 6.07) is 10.6. The lowest BCUT2D eigenvalue weighted by Crippen LogP contribution is -2.31. The van der Waals surface area contributed by atoms with Crippen LogP contribution in [0.5, 0.6) is 5.75 Å². The molecule has 0 bridgehead atoms. The number of ether oxygens (including phenoxy) is 1. The van der Waals surface area contributed by atoms with Crippen LogP contribution in [0.15, 0.2) is 42.6 Å². The van der Waals surface area contributed by atoms with Crippen LogP contribution in [0, 0.1) is 0 Å². The number of hydrogen-bond donors (Lipinski definition) is 1. The Hall–Kier alpha value is -3.09. The van der Waals surface area contributed by atoms with Crippen molar-refractivity contribution in [1.82, 2.24) is 9.88 Å². The Bertz CT molecular complexity index is 795. The van der Waals surface area contributed by atoms with Crippen LogP contribution in [-0.2, 0) is 11.3 Å². The van der Waals surface area contributed by atoms with Gasteiger partial charge < -0.3 is 19.9 Å². The summed E-state index contributed by atoms with van der Waals surface area (Å²) < 4.78 is 5.42. The van der Waals surface area contributed by atoms with E-state index in [0.717, 1.165) is 17.8 Å². The lowest BCUT2D eigenvalue weighted by Gasteiger charge is -2.21. The molecule has 0 saturated carbocycles. The quantitative estimate of drug-likeness (QED) is 0.896. The van der Waals surface area contributed by atoms with Crippen LogP contribution in [0.2, 0.25) is 0 Å². The number of hydrogen-bond acceptors (Lipinski definition) is 4. The van der Waals surface area contributed by atoms with Crippen molar-refractivity contribution in [2.45, 2.75) is 19.4 Å². The molecule has 0 radical (unpaired) electrons. The normalized spacial score (nSPS) is 13.6. The zero-order valence-electron chi connectivity index (χ0n) is 14.9. The van der Waals surface area contributed by atoms with Gasteiger partial charge in [-0.3, -0.25) is 9.78 Å². The van der Waals surface area contributed by atoms with Gasteiger partial charge in [-0.1, -0.05) is 6.07 Å². The molecule has 2 aromatic rings. The van der Waals surface area contributed by atoms with Gasteiger partial charge >= 0.3 is 6.03 Å². The maximum absolute atomic E-state index is 12.4. The van der Waals surface area contributed by atoms with Crippen LogP contribution in [0.4, 0.5) is 16.2 Å². The molecule has 26 heavy (non-hydrogen) atoms.